The van der Waals surface area contributed by atoms with E-state index >= 15 is 0 Å². The van der Waals surface area contributed by atoms with E-state index in [-0.39, 0.29) is 11.7 Å². The van der Waals surface area contributed by atoms with Gasteiger partial charge in [0.15, 0.2) is 11.5 Å². The zero-order valence-electron chi connectivity index (χ0n) is 23.7. The summed E-state index contributed by atoms with van der Waals surface area (Å²) in [5.41, 5.74) is 6.03. The predicted molar refractivity (Wildman–Crippen MR) is 156 cm³/mol. The second kappa shape index (κ2) is 11.9. The number of carbonyl (C=O) groups is 1. The fraction of sp³-hybridized carbons (Fsp3) is 0.333. The van der Waals surface area contributed by atoms with E-state index in [4.69, 9.17) is 9.47 Å². The van der Waals surface area contributed by atoms with Crippen molar-refractivity contribution in [2.24, 2.45) is 0 Å². The van der Waals surface area contributed by atoms with Gasteiger partial charge in [-0.2, -0.15) is 5.10 Å². The van der Waals surface area contributed by atoms with Gasteiger partial charge in [-0.05, 0) is 60.7 Å². The number of phenols is 1. The maximum absolute atomic E-state index is 13.8. The Kier molecular flexibility index (Phi) is 8.10. The summed E-state index contributed by atoms with van der Waals surface area (Å²) in [6, 6.07) is 19.2. The van der Waals surface area contributed by atoms with Crippen LogP contribution in [0.25, 0.3) is 11.3 Å². The number of nitrogens with one attached hydrogen (secondary N) is 1. The smallest absolute Gasteiger partial charge is 0.273 e. The number of aromatic nitrogens is 2. The lowest BCUT2D eigenvalue weighted by atomic mass is 9.93. The number of aryl methyl sites for hydroxylation is 2. The first kappa shape index (κ1) is 27.3. The van der Waals surface area contributed by atoms with Gasteiger partial charge in [-0.25, -0.2) is 0 Å². The molecule has 0 saturated carbocycles. The van der Waals surface area contributed by atoms with Gasteiger partial charge < -0.3 is 19.5 Å². The fourth-order valence-electron chi connectivity index (χ4n) is 5.52. The van der Waals surface area contributed by atoms with Crippen LogP contribution in [-0.4, -0.2) is 39.8 Å². The number of aromatic amines is 1. The second-order valence-corrected chi connectivity index (χ2v) is 10.5. The number of unbranched alkanes of at least 4 members (excludes halogenated alkanes) is 3. The summed E-state index contributed by atoms with van der Waals surface area (Å²) in [5, 5.41) is 18.6. The molecule has 7 heteroatoms. The number of carbonyl (C=O) groups excluding carboxylic acids is 1. The van der Waals surface area contributed by atoms with Crippen molar-refractivity contribution in [3.8, 4) is 28.5 Å². The molecule has 0 radical (unpaired) electrons. The van der Waals surface area contributed by atoms with Crippen LogP contribution in [0.15, 0.2) is 60.7 Å². The number of methoxy groups -OCH3 is 1. The van der Waals surface area contributed by atoms with Gasteiger partial charge in [0.1, 0.15) is 17.1 Å². The third-order valence-corrected chi connectivity index (χ3v) is 7.52. The van der Waals surface area contributed by atoms with Crippen LogP contribution in [0.4, 0.5) is 0 Å². The zero-order valence-corrected chi connectivity index (χ0v) is 23.7. The van der Waals surface area contributed by atoms with Crippen molar-refractivity contribution in [2.75, 3.05) is 13.7 Å². The van der Waals surface area contributed by atoms with Gasteiger partial charge in [-0.1, -0.05) is 68.7 Å². The molecule has 0 aliphatic carbocycles. The molecule has 0 saturated heterocycles. The van der Waals surface area contributed by atoms with E-state index in [1.165, 1.54) is 12.8 Å². The number of phenolic OH excluding ortho intramolecular Hbond substituents is 1. The van der Waals surface area contributed by atoms with Crippen LogP contribution in [0.5, 0.6) is 17.2 Å². The summed E-state index contributed by atoms with van der Waals surface area (Å²) in [6.07, 6.45) is 4.49. The van der Waals surface area contributed by atoms with Crippen molar-refractivity contribution in [1.29, 1.82) is 0 Å². The first-order chi connectivity index (χ1) is 19.4. The van der Waals surface area contributed by atoms with Crippen LogP contribution >= 0.6 is 0 Å². The quantitative estimate of drug-likeness (QED) is 0.198. The van der Waals surface area contributed by atoms with E-state index in [0.29, 0.717) is 41.6 Å². The summed E-state index contributed by atoms with van der Waals surface area (Å²) in [5.74, 6) is 1.33. The largest absolute Gasteiger partial charge is 0.507 e. The van der Waals surface area contributed by atoms with Crippen molar-refractivity contribution in [3.05, 3.63) is 94.2 Å². The number of amides is 1. The zero-order chi connectivity index (χ0) is 28.2. The number of ether oxygens (including phenoxy) is 2. The van der Waals surface area contributed by atoms with Gasteiger partial charge in [0, 0.05) is 17.7 Å². The molecule has 0 spiro atoms. The van der Waals surface area contributed by atoms with Crippen LogP contribution in [-0.2, 0) is 6.54 Å². The Morgan fingerprint density at radius 2 is 1.80 bits per heavy atom. The van der Waals surface area contributed by atoms with E-state index in [1.807, 2.05) is 79.4 Å². The van der Waals surface area contributed by atoms with Crippen molar-refractivity contribution >= 4 is 5.91 Å². The van der Waals surface area contributed by atoms with Crippen LogP contribution in [0.2, 0.25) is 0 Å². The molecule has 4 aromatic rings. The molecule has 7 nitrogen and oxygen atoms in total. The Hall–Kier alpha value is -4.26. The number of H-pyrrole nitrogens is 1. The second-order valence-electron chi connectivity index (χ2n) is 10.5. The molecule has 2 heterocycles. The third kappa shape index (κ3) is 5.28. The molecule has 0 bridgehead atoms. The lowest BCUT2D eigenvalue weighted by Gasteiger charge is -2.27. The van der Waals surface area contributed by atoms with Crippen molar-refractivity contribution < 1.29 is 19.4 Å². The van der Waals surface area contributed by atoms with Crippen LogP contribution < -0.4 is 9.47 Å². The lowest BCUT2D eigenvalue weighted by molar-refractivity contribution is 0.0730. The molecule has 1 atom stereocenters. The van der Waals surface area contributed by atoms with Gasteiger partial charge in [0.05, 0.1) is 19.8 Å². The Labute approximate surface area is 235 Å². The van der Waals surface area contributed by atoms with Gasteiger partial charge >= 0.3 is 0 Å². The van der Waals surface area contributed by atoms with E-state index in [1.54, 1.807) is 7.11 Å². The molecule has 1 aliphatic heterocycles. The molecule has 0 fully saturated rings. The van der Waals surface area contributed by atoms with Gasteiger partial charge in [-0.3, -0.25) is 9.89 Å². The number of fused-ring (bicyclic) bond motifs is 1. The van der Waals surface area contributed by atoms with E-state index < -0.39 is 6.04 Å². The highest BCUT2D eigenvalue weighted by molar-refractivity contribution is 6.00. The number of hydrogen-bond acceptors (Lipinski definition) is 5. The number of aromatic hydroxyl groups is 1. The predicted octanol–water partition coefficient (Wildman–Crippen LogP) is 7.11. The minimum absolute atomic E-state index is 0.137. The first-order valence-electron chi connectivity index (χ1n) is 14.0. The molecular formula is C33H37N3O4. The van der Waals surface area contributed by atoms with Gasteiger partial charge in [0.25, 0.3) is 5.91 Å². The van der Waals surface area contributed by atoms with Crippen LogP contribution in [0.3, 0.4) is 0 Å². The minimum atomic E-state index is -0.441. The molecule has 40 heavy (non-hydrogen) atoms. The maximum Gasteiger partial charge on any atom is 0.273 e. The highest BCUT2D eigenvalue weighted by Crippen LogP contribution is 2.47. The van der Waals surface area contributed by atoms with Gasteiger partial charge in [-0.15, -0.1) is 0 Å². The molecular weight excluding hydrogens is 502 g/mol. The average molecular weight is 540 g/mol. The summed E-state index contributed by atoms with van der Waals surface area (Å²) in [7, 11) is 1.63. The van der Waals surface area contributed by atoms with Crippen LogP contribution in [0, 0.1) is 13.8 Å². The first-order valence-corrected chi connectivity index (χ1v) is 14.0. The summed E-state index contributed by atoms with van der Waals surface area (Å²) < 4.78 is 11.8. The van der Waals surface area contributed by atoms with Crippen LogP contribution in [0.1, 0.15) is 77.0 Å². The molecule has 208 valence electrons. The summed E-state index contributed by atoms with van der Waals surface area (Å²) >= 11 is 0. The van der Waals surface area contributed by atoms with Crippen molar-refractivity contribution in [1.82, 2.24) is 15.1 Å². The fourth-order valence-corrected chi connectivity index (χ4v) is 5.52. The lowest BCUT2D eigenvalue weighted by Crippen LogP contribution is -2.29. The number of rotatable bonds is 11. The maximum atomic E-state index is 13.8. The van der Waals surface area contributed by atoms with Crippen molar-refractivity contribution in [3.63, 3.8) is 0 Å². The Morgan fingerprint density at radius 3 is 2.55 bits per heavy atom. The highest BCUT2D eigenvalue weighted by atomic mass is 16.5. The topological polar surface area (TPSA) is 87.7 Å². The number of benzene rings is 3. The Morgan fingerprint density at radius 1 is 1.00 bits per heavy atom. The SMILES string of the molecule is CCCCCCOc1ccc(C2c3c(-c4cc(C)cc(C)c4O)n[nH]c3C(=O)N2Cc2ccccc2)cc1OC. The number of hydrogen-bond donors (Lipinski definition) is 2. The third-order valence-electron chi connectivity index (χ3n) is 7.52. The minimum Gasteiger partial charge on any atom is -0.507 e. The Bertz CT molecular complexity index is 1500. The van der Waals surface area contributed by atoms with E-state index in [0.717, 1.165) is 40.7 Å². The highest BCUT2D eigenvalue weighted by Gasteiger charge is 2.43. The molecule has 1 aliphatic rings. The van der Waals surface area contributed by atoms with E-state index in [9.17, 15) is 9.90 Å². The molecule has 2 N–H and O–H groups in total. The Balaban J connectivity index is 1.58. The average Bonchev–Trinajstić information content (AvgIpc) is 3.50. The molecule has 3 aromatic carbocycles. The molecule has 1 aromatic heterocycles. The number of nitrogens with zero attached hydrogens (tertiary/aromatic N) is 2. The molecule has 5 rings (SSSR count). The standard InChI is InChI=1S/C33H37N3O4/c1-5-6-7-11-16-40-26-15-14-24(19-27(26)39-4)31-28-29(25-18-21(2)17-22(3)32(25)37)34-35-30(28)33(38)36(31)20-23-12-9-8-10-13-23/h8-10,12-15,17-19,31,37H,5-7,11,16,20H2,1-4H3,(H,34,35). The summed E-state index contributed by atoms with van der Waals surface area (Å²) in [6.45, 7) is 7.09. The monoisotopic (exact) mass is 539 g/mol. The molecule has 1 amide bonds. The normalized spacial score (nSPS) is 14.4. The van der Waals surface area contributed by atoms with Crippen molar-refractivity contribution in [2.45, 2.75) is 59.0 Å². The van der Waals surface area contributed by atoms with E-state index in [2.05, 4.69) is 17.1 Å². The molecule has 1 unspecified atom stereocenters. The van der Waals surface area contributed by atoms with Gasteiger partial charge in [0.2, 0.25) is 0 Å². The summed E-state index contributed by atoms with van der Waals surface area (Å²) in [4.78, 5) is 15.7.